The number of ether oxygens (including phenoxy) is 1. The molecule has 2 aromatic rings. The Morgan fingerprint density at radius 3 is 2.81 bits per heavy atom. The average molecular weight is 389 g/mol. The van der Waals surface area contributed by atoms with Crippen LogP contribution in [0.25, 0.3) is 0 Å². The Balaban J connectivity index is 1.37. The van der Waals surface area contributed by atoms with Crippen molar-refractivity contribution >= 4 is 15.7 Å². The molecule has 0 saturated heterocycles. The molecule has 0 spiro atoms. The molecular weight excluding hydrogens is 360 g/mol. The number of sulfonamides is 1. The summed E-state index contributed by atoms with van der Waals surface area (Å²) in [4.78, 5) is 0. The van der Waals surface area contributed by atoms with Gasteiger partial charge in [0.15, 0.2) is 0 Å². The molecular formula is C21H28N2O3S. The quantitative estimate of drug-likeness (QED) is 0.645. The molecule has 27 heavy (non-hydrogen) atoms. The summed E-state index contributed by atoms with van der Waals surface area (Å²) in [7, 11) is -3.23. The van der Waals surface area contributed by atoms with Gasteiger partial charge in [-0.2, -0.15) is 0 Å². The Labute approximate surface area is 162 Å². The van der Waals surface area contributed by atoms with E-state index in [9.17, 15) is 8.42 Å². The van der Waals surface area contributed by atoms with E-state index in [-0.39, 0.29) is 0 Å². The van der Waals surface area contributed by atoms with E-state index in [0.717, 1.165) is 56.7 Å². The van der Waals surface area contributed by atoms with Crippen molar-refractivity contribution in [2.75, 3.05) is 30.7 Å². The van der Waals surface area contributed by atoms with Crippen molar-refractivity contribution < 1.29 is 13.2 Å². The van der Waals surface area contributed by atoms with Crippen LogP contribution in [0.2, 0.25) is 0 Å². The largest absolute Gasteiger partial charge is 0.493 e. The predicted molar refractivity (Wildman–Crippen MR) is 110 cm³/mol. The SMILES string of the molecule is CS(=O)(=O)Nc1cccc(CCCCNCC2CCOc3ccccc32)c1. The van der Waals surface area contributed by atoms with Crippen LogP contribution in [0, 0.1) is 0 Å². The van der Waals surface area contributed by atoms with E-state index in [4.69, 9.17) is 4.74 Å². The molecule has 2 N–H and O–H groups in total. The highest BCUT2D eigenvalue weighted by Gasteiger charge is 2.20. The van der Waals surface area contributed by atoms with Crippen LogP contribution in [0.15, 0.2) is 48.5 Å². The minimum absolute atomic E-state index is 0.522. The number of fused-ring (bicyclic) bond motifs is 1. The molecule has 1 aliphatic heterocycles. The van der Waals surface area contributed by atoms with Crippen molar-refractivity contribution in [3.63, 3.8) is 0 Å². The molecule has 0 aliphatic carbocycles. The van der Waals surface area contributed by atoms with Crippen LogP contribution < -0.4 is 14.8 Å². The Morgan fingerprint density at radius 1 is 1.11 bits per heavy atom. The second-order valence-corrected chi connectivity index (χ2v) is 8.86. The zero-order chi connectivity index (χ0) is 19.1. The van der Waals surface area contributed by atoms with Gasteiger partial charge in [-0.1, -0.05) is 30.3 Å². The number of benzene rings is 2. The van der Waals surface area contributed by atoms with Gasteiger partial charge in [-0.05, 0) is 61.6 Å². The smallest absolute Gasteiger partial charge is 0.229 e. The highest BCUT2D eigenvalue weighted by Crippen LogP contribution is 2.32. The van der Waals surface area contributed by atoms with E-state index in [1.54, 1.807) is 6.07 Å². The van der Waals surface area contributed by atoms with Crippen molar-refractivity contribution in [1.82, 2.24) is 5.32 Å². The lowest BCUT2D eigenvalue weighted by Crippen LogP contribution is -2.26. The molecule has 5 nitrogen and oxygen atoms in total. The summed E-state index contributed by atoms with van der Waals surface area (Å²) >= 11 is 0. The first kappa shape index (κ1) is 19.7. The molecule has 0 bridgehead atoms. The molecule has 1 aliphatic rings. The summed E-state index contributed by atoms with van der Waals surface area (Å²) in [5, 5.41) is 3.58. The lowest BCUT2D eigenvalue weighted by molar-refractivity contribution is 0.264. The summed E-state index contributed by atoms with van der Waals surface area (Å²) < 4.78 is 30.9. The number of rotatable bonds is 9. The van der Waals surface area contributed by atoms with Crippen molar-refractivity contribution in [3.8, 4) is 5.75 Å². The molecule has 3 rings (SSSR count). The van der Waals surface area contributed by atoms with Crippen LogP contribution in [0.3, 0.4) is 0 Å². The average Bonchev–Trinajstić information content (AvgIpc) is 2.63. The van der Waals surface area contributed by atoms with E-state index in [2.05, 4.69) is 22.2 Å². The topological polar surface area (TPSA) is 67.4 Å². The van der Waals surface area contributed by atoms with Crippen molar-refractivity contribution in [2.24, 2.45) is 0 Å². The molecule has 2 aromatic carbocycles. The van der Waals surface area contributed by atoms with Crippen LogP contribution in [0.1, 0.15) is 36.3 Å². The monoisotopic (exact) mass is 388 g/mol. The van der Waals surface area contributed by atoms with Crippen molar-refractivity contribution in [3.05, 3.63) is 59.7 Å². The number of anilines is 1. The second kappa shape index (κ2) is 9.24. The molecule has 0 fully saturated rings. The predicted octanol–water partition coefficient (Wildman–Crippen LogP) is 3.54. The highest BCUT2D eigenvalue weighted by atomic mass is 32.2. The van der Waals surface area contributed by atoms with E-state index in [1.165, 1.54) is 11.8 Å². The van der Waals surface area contributed by atoms with E-state index < -0.39 is 10.0 Å². The number of unbranched alkanes of at least 4 members (excludes halogenated alkanes) is 1. The van der Waals surface area contributed by atoms with Gasteiger partial charge >= 0.3 is 0 Å². The van der Waals surface area contributed by atoms with Crippen molar-refractivity contribution in [1.29, 1.82) is 0 Å². The zero-order valence-corrected chi connectivity index (χ0v) is 16.6. The third kappa shape index (κ3) is 6.26. The van der Waals surface area contributed by atoms with Gasteiger partial charge in [-0.15, -0.1) is 0 Å². The standard InChI is InChI=1S/C21H28N2O3S/c1-27(24,25)23-19-9-6-8-17(15-19)7-4-5-13-22-16-18-12-14-26-21-11-3-2-10-20(18)21/h2-3,6,8-11,15,18,22-23H,4-5,7,12-14,16H2,1H3. The van der Waals surface area contributed by atoms with Crippen molar-refractivity contribution in [2.45, 2.75) is 31.6 Å². The van der Waals surface area contributed by atoms with Gasteiger partial charge < -0.3 is 10.1 Å². The summed E-state index contributed by atoms with van der Waals surface area (Å²) in [6, 6.07) is 15.9. The molecule has 1 unspecified atom stereocenters. The molecule has 146 valence electrons. The number of para-hydroxylation sites is 1. The van der Waals surface area contributed by atoms with Gasteiger partial charge in [0.05, 0.1) is 12.9 Å². The van der Waals surface area contributed by atoms with Gasteiger partial charge in [0.25, 0.3) is 0 Å². The first-order valence-electron chi connectivity index (χ1n) is 9.50. The lowest BCUT2D eigenvalue weighted by atomic mass is 9.93. The third-order valence-electron chi connectivity index (χ3n) is 4.77. The molecule has 0 amide bonds. The van der Waals surface area contributed by atoms with Gasteiger partial charge in [-0.25, -0.2) is 8.42 Å². The number of hydrogen-bond acceptors (Lipinski definition) is 4. The van der Waals surface area contributed by atoms with Crippen LogP contribution >= 0.6 is 0 Å². The molecule has 0 aromatic heterocycles. The molecule has 0 saturated carbocycles. The maximum Gasteiger partial charge on any atom is 0.229 e. The minimum Gasteiger partial charge on any atom is -0.493 e. The second-order valence-electron chi connectivity index (χ2n) is 7.11. The van der Waals surface area contributed by atoms with Crippen LogP contribution in [0.5, 0.6) is 5.75 Å². The Hall–Kier alpha value is -2.05. The highest BCUT2D eigenvalue weighted by molar-refractivity contribution is 7.92. The first-order chi connectivity index (χ1) is 13.0. The number of hydrogen-bond donors (Lipinski definition) is 2. The maximum absolute atomic E-state index is 11.3. The fourth-order valence-electron chi connectivity index (χ4n) is 3.49. The Kier molecular flexibility index (Phi) is 6.74. The normalized spacial score (nSPS) is 16.4. The van der Waals surface area contributed by atoms with Crippen LogP contribution in [-0.2, 0) is 16.4 Å². The van der Waals surface area contributed by atoms with Crippen LogP contribution in [-0.4, -0.2) is 34.4 Å². The molecule has 1 heterocycles. The van der Waals surface area contributed by atoms with E-state index in [1.807, 2.05) is 30.3 Å². The maximum atomic E-state index is 11.3. The Morgan fingerprint density at radius 2 is 1.96 bits per heavy atom. The van der Waals surface area contributed by atoms with E-state index in [0.29, 0.717) is 11.6 Å². The number of aryl methyl sites for hydroxylation is 1. The van der Waals surface area contributed by atoms with Gasteiger partial charge in [-0.3, -0.25) is 4.72 Å². The zero-order valence-electron chi connectivity index (χ0n) is 15.8. The fraction of sp³-hybridized carbons (Fsp3) is 0.429. The molecule has 6 heteroatoms. The molecule has 1 atom stereocenters. The summed E-state index contributed by atoms with van der Waals surface area (Å²) in [6.07, 6.45) is 5.33. The number of nitrogens with one attached hydrogen (secondary N) is 2. The minimum atomic E-state index is -3.23. The summed E-state index contributed by atoms with van der Waals surface area (Å²) in [6.45, 7) is 2.76. The van der Waals surface area contributed by atoms with E-state index >= 15 is 0 Å². The van der Waals surface area contributed by atoms with Gasteiger partial charge in [0, 0.05) is 18.2 Å². The molecule has 0 radical (unpaired) electrons. The van der Waals surface area contributed by atoms with Gasteiger partial charge in [0.1, 0.15) is 5.75 Å². The summed E-state index contributed by atoms with van der Waals surface area (Å²) in [5.41, 5.74) is 3.10. The first-order valence-corrected chi connectivity index (χ1v) is 11.4. The van der Waals surface area contributed by atoms with Crippen LogP contribution in [0.4, 0.5) is 5.69 Å². The Bertz CT molecular complexity index is 852. The fourth-order valence-corrected chi connectivity index (χ4v) is 4.04. The van der Waals surface area contributed by atoms with Gasteiger partial charge in [0.2, 0.25) is 10.0 Å². The summed E-state index contributed by atoms with van der Waals surface area (Å²) in [5.74, 6) is 1.55. The third-order valence-corrected chi connectivity index (χ3v) is 5.38. The lowest BCUT2D eigenvalue weighted by Gasteiger charge is -2.26.